The Morgan fingerprint density at radius 1 is 1.12 bits per heavy atom. The zero-order valence-electron chi connectivity index (χ0n) is 18.5. The number of carbonyl (C=O) groups excluding carboxylic acids is 2. The molecule has 0 unspecified atom stereocenters. The van der Waals surface area contributed by atoms with E-state index in [0.29, 0.717) is 29.2 Å². The van der Waals surface area contributed by atoms with Gasteiger partial charge in [0.25, 0.3) is 0 Å². The molecule has 9 heteroatoms. The van der Waals surface area contributed by atoms with E-state index in [1.807, 2.05) is 32.6 Å². The van der Waals surface area contributed by atoms with Crippen LogP contribution < -0.4 is 5.32 Å². The average molecular weight is 468 g/mol. The number of nitrogens with one attached hydrogen (secondary N) is 1. The smallest absolute Gasteiger partial charge is 0.340 e. The maximum atomic E-state index is 12.8. The number of nitriles is 1. The van der Waals surface area contributed by atoms with Crippen LogP contribution in [0.2, 0.25) is 0 Å². The molecular weight excluding hydrogens is 445 g/mol. The molecule has 2 aromatic carbocycles. The SMILES string of the molecule is C=C/C=C(/Nc1ccc(C(F)(F)F)cc1)n1nc(-c2cccc(C#N)c2)cc1CC.C=O.C=O. The number of halogens is 3. The van der Waals surface area contributed by atoms with Gasteiger partial charge >= 0.3 is 6.18 Å². The van der Waals surface area contributed by atoms with Gasteiger partial charge in [-0.25, -0.2) is 4.68 Å². The summed E-state index contributed by atoms with van der Waals surface area (Å²) in [6, 6.07) is 15.9. The Hall–Kier alpha value is -4.45. The van der Waals surface area contributed by atoms with Crippen molar-refractivity contribution < 1.29 is 22.8 Å². The summed E-state index contributed by atoms with van der Waals surface area (Å²) in [4.78, 5) is 16.0. The van der Waals surface area contributed by atoms with Gasteiger partial charge in [-0.15, -0.1) is 0 Å². The van der Waals surface area contributed by atoms with Crippen molar-refractivity contribution in [3.05, 3.63) is 90.1 Å². The van der Waals surface area contributed by atoms with Crippen LogP contribution in [0.5, 0.6) is 0 Å². The van der Waals surface area contributed by atoms with Gasteiger partial charge in [-0.05, 0) is 55.0 Å². The molecule has 3 rings (SSSR count). The fraction of sp³-hybridized carbons (Fsp3) is 0.120. The monoisotopic (exact) mass is 468 g/mol. The zero-order chi connectivity index (χ0) is 25.7. The van der Waals surface area contributed by atoms with Gasteiger partial charge in [-0.1, -0.05) is 31.7 Å². The lowest BCUT2D eigenvalue weighted by Crippen LogP contribution is -2.11. The fourth-order valence-corrected chi connectivity index (χ4v) is 2.94. The molecule has 0 aliphatic carbocycles. The third kappa shape index (κ3) is 7.03. The highest BCUT2D eigenvalue weighted by Gasteiger charge is 2.30. The molecule has 176 valence electrons. The number of aryl methyl sites for hydroxylation is 1. The van der Waals surface area contributed by atoms with Crippen LogP contribution in [-0.4, -0.2) is 23.4 Å². The summed E-state index contributed by atoms with van der Waals surface area (Å²) in [6.07, 6.45) is -0.445. The predicted molar refractivity (Wildman–Crippen MR) is 126 cm³/mol. The molecule has 1 aromatic heterocycles. The molecule has 0 aliphatic rings. The second-order valence-electron chi connectivity index (χ2n) is 6.47. The minimum atomic E-state index is -4.39. The molecule has 34 heavy (non-hydrogen) atoms. The number of rotatable bonds is 6. The van der Waals surface area contributed by atoms with Gasteiger partial charge in [-0.2, -0.15) is 23.5 Å². The maximum Gasteiger partial charge on any atom is 0.416 e. The summed E-state index contributed by atoms with van der Waals surface area (Å²) < 4.78 is 40.1. The molecule has 3 aromatic rings. The summed E-state index contributed by atoms with van der Waals surface area (Å²) in [5.41, 5.74) is 2.69. The van der Waals surface area contributed by atoms with Crippen molar-refractivity contribution >= 4 is 25.1 Å². The van der Waals surface area contributed by atoms with Crippen LogP contribution in [-0.2, 0) is 22.2 Å². The molecule has 1 N–H and O–H groups in total. The molecule has 0 aliphatic heterocycles. The van der Waals surface area contributed by atoms with E-state index in [9.17, 15) is 13.2 Å². The highest BCUT2D eigenvalue weighted by atomic mass is 19.4. The van der Waals surface area contributed by atoms with Crippen LogP contribution in [0.4, 0.5) is 18.9 Å². The first kappa shape index (κ1) is 27.6. The number of alkyl halides is 3. The second-order valence-corrected chi connectivity index (χ2v) is 6.47. The maximum absolute atomic E-state index is 12.8. The number of nitrogens with zero attached hydrogens (tertiary/aromatic N) is 3. The zero-order valence-corrected chi connectivity index (χ0v) is 18.5. The Balaban J connectivity index is 0.00000137. The summed E-state index contributed by atoms with van der Waals surface area (Å²) in [6.45, 7) is 9.69. The Morgan fingerprint density at radius 2 is 1.76 bits per heavy atom. The van der Waals surface area contributed by atoms with Crippen LogP contribution >= 0.6 is 0 Å². The van der Waals surface area contributed by atoms with Crippen molar-refractivity contribution in [2.75, 3.05) is 5.32 Å². The number of aromatic nitrogens is 2. The molecule has 0 saturated carbocycles. The van der Waals surface area contributed by atoms with E-state index < -0.39 is 11.7 Å². The molecule has 6 nitrogen and oxygen atoms in total. The molecule has 0 atom stereocenters. The highest BCUT2D eigenvalue weighted by Crippen LogP contribution is 2.30. The first-order chi connectivity index (χ1) is 16.4. The van der Waals surface area contributed by atoms with E-state index in [4.69, 9.17) is 14.9 Å². The van der Waals surface area contributed by atoms with Crippen LogP contribution in [0.1, 0.15) is 23.7 Å². The van der Waals surface area contributed by atoms with Crippen molar-refractivity contribution in [1.82, 2.24) is 9.78 Å². The van der Waals surface area contributed by atoms with Crippen LogP contribution in [0.25, 0.3) is 17.1 Å². The van der Waals surface area contributed by atoms with Crippen molar-refractivity contribution in [3.63, 3.8) is 0 Å². The van der Waals surface area contributed by atoms with E-state index in [0.717, 1.165) is 23.4 Å². The van der Waals surface area contributed by atoms with Gasteiger partial charge in [0.1, 0.15) is 19.4 Å². The summed E-state index contributed by atoms with van der Waals surface area (Å²) in [5.74, 6) is 0.546. The van der Waals surface area contributed by atoms with Gasteiger partial charge in [0.05, 0.1) is 22.9 Å². The van der Waals surface area contributed by atoms with Crippen LogP contribution in [0, 0.1) is 11.3 Å². The third-order valence-corrected chi connectivity index (χ3v) is 4.42. The third-order valence-electron chi connectivity index (χ3n) is 4.42. The number of allylic oxidation sites excluding steroid dienone is 2. The van der Waals surface area contributed by atoms with Gasteiger partial charge in [-0.3, -0.25) is 0 Å². The van der Waals surface area contributed by atoms with Gasteiger partial charge < -0.3 is 14.9 Å². The minimum absolute atomic E-state index is 0.488. The van der Waals surface area contributed by atoms with Crippen molar-refractivity contribution in [1.29, 1.82) is 5.26 Å². The number of hydrogen-bond donors (Lipinski definition) is 1. The Labute approximate surface area is 195 Å². The molecule has 1 heterocycles. The summed E-state index contributed by atoms with van der Waals surface area (Å²) >= 11 is 0. The van der Waals surface area contributed by atoms with E-state index in [1.165, 1.54) is 12.1 Å². The number of hydrogen-bond acceptors (Lipinski definition) is 5. The summed E-state index contributed by atoms with van der Waals surface area (Å²) in [7, 11) is 0. The number of anilines is 1. The van der Waals surface area contributed by atoms with E-state index >= 15 is 0 Å². The molecule has 0 bridgehead atoms. The molecule has 0 saturated heterocycles. The largest absolute Gasteiger partial charge is 0.416 e. The van der Waals surface area contributed by atoms with Gasteiger partial charge in [0, 0.05) is 16.9 Å². The summed E-state index contributed by atoms with van der Waals surface area (Å²) in [5, 5.41) is 16.9. The lowest BCUT2D eigenvalue weighted by molar-refractivity contribution is -0.137. The average Bonchev–Trinajstić information content (AvgIpc) is 3.31. The lowest BCUT2D eigenvalue weighted by atomic mass is 10.1. The molecule has 0 radical (unpaired) electrons. The van der Waals surface area contributed by atoms with E-state index in [2.05, 4.69) is 23.1 Å². The quantitative estimate of drug-likeness (QED) is 0.467. The molecule has 0 amide bonds. The molecule has 0 fully saturated rings. The Bertz CT molecular complexity index is 1160. The second kappa shape index (κ2) is 13.2. The van der Waals surface area contributed by atoms with Crippen molar-refractivity contribution in [3.8, 4) is 17.3 Å². The van der Waals surface area contributed by atoms with Crippen molar-refractivity contribution in [2.45, 2.75) is 19.5 Å². The van der Waals surface area contributed by atoms with E-state index in [-0.39, 0.29) is 0 Å². The highest BCUT2D eigenvalue weighted by molar-refractivity contribution is 5.69. The number of carbonyl (C=O) groups is 2. The van der Waals surface area contributed by atoms with Crippen LogP contribution in [0.15, 0.2) is 73.3 Å². The van der Waals surface area contributed by atoms with Crippen molar-refractivity contribution in [2.24, 2.45) is 0 Å². The molecule has 0 spiro atoms. The normalized spacial score (nSPS) is 10.6. The minimum Gasteiger partial charge on any atom is -0.340 e. The molecular formula is C25H23F3N4O2. The van der Waals surface area contributed by atoms with Crippen LogP contribution in [0.3, 0.4) is 0 Å². The van der Waals surface area contributed by atoms with Gasteiger partial charge in [0.15, 0.2) is 0 Å². The standard InChI is InChI=1S/C23H19F3N4.2CH2O/c1-3-6-22(28-19-11-9-18(10-12-19)23(24,25)26)30-20(4-2)14-21(29-30)17-8-5-7-16(13-17)15-27;2*1-2/h3,5-14,28H,1,4H2,2H3;2*1H2/b22-6-;;. The fourth-order valence-electron chi connectivity index (χ4n) is 2.94. The predicted octanol–water partition coefficient (Wildman–Crippen LogP) is 5.73. The van der Waals surface area contributed by atoms with Gasteiger partial charge in [0.2, 0.25) is 0 Å². The first-order valence-electron chi connectivity index (χ1n) is 9.80. The Morgan fingerprint density at radius 3 is 2.29 bits per heavy atom. The Kier molecular flexibility index (Phi) is 10.7. The first-order valence-corrected chi connectivity index (χ1v) is 9.80. The number of benzene rings is 2. The topological polar surface area (TPSA) is 87.8 Å². The van der Waals surface area contributed by atoms with E-state index in [1.54, 1.807) is 35.0 Å². The lowest BCUT2D eigenvalue weighted by Gasteiger charge is -2.14.